The van der Waals surface area contributed by atoms with Crippen LogP contribution < -0.4 is 4.74 Å². The summed E-state index contributed by atoms with van der Waals surface area (Å²) >= 11 is 3.13. The van der Waals surface area contributed by atoms with Gasteiger partial charge in [-0.3, -0.25) is 0 Å². The molecule has 2 heterocycles. The first kappa shape index (κ1) is 8.95. The van der Waals surface area contributed by atoms with Crippen LogP contribution in [0.1, 0.15) is 0 Å². The largest absolute Gasteiger partial charge is 0.511 e. The molecule has 2 aromatic rings. The molecule has 2 N–H and O–H groups in total. The third-order valence-corrected chi connectivity index (χ3v) is 2.12. The fourth-order valence-corrected chi connectivity index (χ4v) is 1.42. The normalized spacial score (nSPS) is 10.4. The van der Waals surface area contributed by atoms with Gasteiger partial charge in [0.1, 0.15) is 5.52 Å². The van der Waals surface area contributed by atoms with Gasteiger partial charge in [0, 0.05) is 6.20 Å². The van der Waals surface area contributed by atoms with Crippen LogP contribution in [0.25, 0.3) is 11.2 Å². The Morgan fingerprint density at radius 2 is 2.36 bits per heavy atom. The number of hydrogen-bond donors (Lipinski definition) is 2. The van der Waals surface area contributed by atoms with Crippen molar-refractivity contribution in [2.45, 2.75) is 0 Å². The summed E-state index contributed by atoms with van der Waals surface area (Å²) in [6.07, 6.45) is 1.47. The molecule has 6 nitrogen and oxygen atoms in total. The Kier molecular flexibility index (Phi) is 2.08. The number of halogens is 1. The lowest BCUT2D eigenvalue weighted by atomic mass is 10.4. The minimum absolute atomic E-state index is 0.167. The van der Waals surface area contributed by atoms with Crippen LogP contribution in [0.5, 0.6) is 5.75 Å². The number of aromatic amines is 1. The number of aromatic nitrogens is 3. The Labute approximate surface area is 86.1 Å². The van der Waals surface area contributed by atoms with Crippen LogP contribution in [0.4, 0.5) is 4.79 Å². The number of imidazole rings is 1. The van der Waals surface area contributed by atoms with E-state index < -0.39 is 6.16 Å². The molecule has 0 saturated heterocycles. The Hall–Kier alpha value is -1.63. The van der Waals surface area contributed by atoms with Gasteiger partial charge < -0.3 is 14.8 Å². The molecule has 0 bridgehead atoms. The monoisotopic (exact) mass is 257 g/mol. The number of nitrogens with one attached hydrogen (secondary N) is 1. The molecule has 0 fully saturated rings. The lowest BCUT2D eigenvalue weighted by molar-refractivity contribution is 0.144. The van der Waals surface area contributed by atoms with Crippen molar-refractivity contribution < 1.29 is 14.6 Å². The number of hydrogen-bond acceptors (Lipinski definition) is 4. The Morgan fingerprint density at radius 3 is 3.07 bits per heavy atom. The highest BCUT2D eigenvalue weighted by Gasteiger charge is 2.13. The van der Waals surface area contributed by atoms with E-state index >= 15 is 0 Å². The molecule has 0 aliphatic rings. The van der Waals surface area contributed by atoms with E-state index in [1.165, 1.54) is 12.5 Å². The van der Waals surface area contributed by atoms with Gasteiger partial charge in [0.05, 0.1) is 10.8 Å². The molecule has 0 aromatic carbocycles. The zero-order valence-electron chi connectivity index (χ0n) is 6.69. The van der Waals surface area contributed by atoms with Gasteiger partial charge in [0.25, 0.3) is 0 Å². The number of rotatable bonds is 1. The zero-order chi connectivity index (χ0) is 10.1. The predicted octanol–water partition coefficient (Wildman–Crippen LogP) is 1.78. The van der Waals surface area contributed by atoms with Crippen molar-refractivity contribution in [3.8, 4) is 5.75 Å². The van der Waals surface area contributed by atoms with E-state index in [0.717, 1.165) is 0 Å². The third kappa shape index (κ3) is 1.41. The van der Waals surface area contributed by atoms with E-state index in [-0.39, 0.29) is 5.75 Å². The quantitative estimate of drug-likeness (QED) is 0.761. The average molecular weight is 258 g/mol. The summed E-state index contributed by atoms with van der Waals surface area (Å²) in [6, 6.07) is 0. The lowest BCUT2D eigenvalue weighted by Crippen LogP contribution is -2.04. The minimum Gasteiger partial charge on any atom is -0.449 e. The van der Waals surface area contributed by atoms with E-state index in [2.05, 4.69) is 35.6 Å². The van der Waals surface area contributed by atoms with Gasteiger partial charge in [0.2, 0.25) is 0 Å². The zero-order valence-corrected chi connectivity index (χ0v) is 8.28. The highest BCUT2D eigenvalue weighted by molar-refractivity contribution is 9.10. The van der Waals surface area contributed by atoms with Crippen molar-refractivity contribution in [1.82, 2.24) is 15.0 Å². The second-order valence-corrected chi connectivity index (χ2v) is 3.26. The molecular weight excluding hydrogens is 254 g/mol. The smallest absolute Gasteiger partial charge is 0.449 e. The molecule has 0 spiro atoms. The molecule has 2 aromatic heterocycles. The highest BCUT2D eigenvalue weighted by Crippen LogP contribution is 2.30. The maximum atomic E-state index is 10.4. The van der Waals surface area contributed by atoms with Crippen molar-refractivity contribution in [3.63, 3.8) is 0 Å². The molecule has 2 rings (SSSR count). The minimum atomic E-state index is -1.38. The molecule has 0 atom stereocenters. The van der Waals surface area contributed by atoms with Crippen LogP contribution >= 0.6 is 15.9 Å². The van der Waals surface area contributed by atoms with Crippen molar-refractivity contribution in [2.24, 2.45) is 0 Å². The van der Waals surface area contributed by atoms with E-state index in [0.29, 0.717) is 15.6 Å². The third-order valence-electron chi connectivity index (χ3n) is 1.55. The first-order valence-corrected chi connectivity index (χ1v) is 4.36. The summed E-state index contributed by atoms with van der Waals surface area (Å²) in [5.41, 5.74) is 0.853. The maximum Gasteiger partial charge on any atom is 0.511 e. The van der Waals surface area contributed by atoms with Crippen molar-refractivity contribution in [3.05, 3.63) is 17.0 Å². The van der Waals surface area contributed by atoms with Gasteiger partial charge in [-0.2, -0.15) is 0 Å². The van der Waals surface area contributed by atoms with Gasteiger partial charge in [-0.1, -0.05) is 0 Å². The molecule has 0 aliphatic carbocycles. The van der Waals surface area contributed by atoms with Crippen LogP contribution in [-0.2, 0) is 0 Å². The standard InChI is InChI=1S/C7H4BrN3O3/c8-3-1-9-6-4(10-2-11-6)5(3)14-7(12)13/h1-2H,(H,12,13)(H,9,10,11). The molecule has 14 heavy (non-hydrogen) atoms. The van der Waals surface area contributed by atoms with E-state index in [1.54, 1.807) is 0 Å². The van der Waals surface area contributed by atoms with Gasteiger partial charge >= 0.3 is 6.16 Å². The van der Waals surface area contributed by atoms with Crippen LogP contribution in [0.3, 0.4) is 0 Å². The Morgan fingerprint density at radius 1 is 1.57 bits per heavy atom. The van der Waals surface area contributed by atoms with E-state index in [9.17, 15) is 4.79 Å². The van der Waals surface area contributed by atoms with Crippen LogP contribution in [0.2, 0.25) is 0 Å². The van der Waals surface area contributed by atoms with Gasteiger partial charge in [0.15, 0.2) is 11.4 Å². The van der Waals surface area contributed by atoms with E-state index in [4.69, 9.17) is 5.11 Å². The fourth-order valence-electron chi connectivity index (χ4n) is 1.03. The summed E-state index contributed by atoms with van der Waals surface area (Å²) in [7, 11) is 0. The molecule has 0 saturated carbocycles. The maximum absolute atomic E-state index is 10.4. The topological polar surface area (TPSA) is 88.1 Å². The average Bonchev–Trinajstić information content (AvgIpc) is 2.57. The number of nitrogens with zero attached hydrogens (tertiary/aromatic N) is 2. The van der Waals surface area contributed by atoms with Crippen LogP contribution in [0, 0.1) is 0 Å². The van der Waals surface area contributed by atoms with Crippen molar-refractivity contribution >= 4 is 33.2 Å². The van der Waals surface area contributed by atoms with Crippen molar-refractivity contribution in [2.75, 3.05) is 0 Å². The summed E-state index contributed by atoms with van der Waals surface area (Å²) in [5, 5.41) is 8.49. The Bertz CT molecular complexity index is 496. The Balaban J connectivity index is 2.64. The second-order valence-electron chi connectivity index (χ2n) is 2.40. The second kappa shape index (κ2) is 3.26. The first-order chi connectivity index (χ1) is 6.68. The molecule has 0 unspecified atom stereocenters. The molecular formula is C7H4BrN3O3. The molecule has 72 valence electrons. The number of carbonyl (C=O) groups is 1. The lowest BCUT2D eigenvalue weighted by Gasteiger charge is -2.02. The number of ether oxygens (including phenoxy) is 1. The number of carboxylic acid groups (broad SMARTS) is 1. The van der Waals surface area contributed by atoms with Crippen LogP contribution in [0.15, 0.2) is 17.0 Å². The van der Waals surface area contributed by atoms with Crippen LogP contribution in [-0.4, -0.2) is 26.2 Å². The summed E-state index contributed by atoms with van der Waals surface area (Å²) in [6.45, 7) is 0. The predicted molar refractivity (Wildman–Crippen MR) is 50.2 cm³/mol. The SMILES string of the molecule is O=C(O)Oc1c(Br)cnc2nc[nH]c12. The summed E-state index contributed by atoms with van der Waals surface area (Å²) in [5.74, 6) is 0.167. The molecule has 0 aliphatic heterocycles. The number of fused-ring (bicyclic) bond motifs is 1. The summed E-state index contributed by atoms with van der Waals surface area (Å²) < 4.78 is 5.03. The summed E-state index contributed by atoms with van der Waals surface area (Å²) in [4.78, 5) is 20.9. The van der Waals surface area contributed by atoms with Gasteiger partial charge in [-0.25, -0.2) is 14.8 Å². The molecule has 0 radical (unpaired) electrons. The molecule has 0 amide bonds. The van der Waals surface area contributed by atoms with Crippen molar-refractivity contribution in [1.29, 1.82) is 0 Å². The fraction of sp³-hybridized carbons (Fsp3) is 0. The van der Waals surface area contributed by atoms with E-state index in [1.807, 2.05) is 0 Å². The van der Waals surface area contributed by atoms with Gasteiger partial charge in [-0.05, 0) is 15.9 Å². The first-order valence-electron chi connectivity index (χ1n) is 3.57. The number of H-pyrrole nitrogens is 1. The van der Waals surface area contributed by atoms with Gasteiger partial charge in [-0.15, -0.1) is 0 Å². The molecule has 7 heteroatoms. The number of pyridine rings is 1. The highest BCUT2D eigenvalue weighted by atomic mass is 79.9.